The Kier molecular flexibility index (Phi) is 9.79. The Labute approximate surface area is 344 Å². The summed E-state index contributed by atoms with van der Waals surface area (Å²) >= 11 is 0. The maximum Gasteiger partial charge on any atom is 0.0467 e. The van der Waals surface area contributed by atoms with Crippen LogP contribution in [0.25, 0.3) is 33.4 Å². The van der Waals surface area contributed by atoms with Gasteiger partial charge in [0.2, 0.25) is 0 Å². The third-order valence-corrected chi connectivity index (χ3v) is 12.1. The molecule has 0 spiro atoms. The van der Waals surface area contributed by atoms with Gasteiger partial charge in [0.05, 0.1) is 0 Å². The monoisotopic (exact) mass is 750 g/mol. The van der Waals surface area contributed by atoms with Crippen LogP contribution in [0.5, 0.6) is 0 Å². The first kappa shape index (κ1) is 37.0. The van der Waals surface area contributed by atoms with Gasteiger partial charge in [-0.05, 0) is 141 Å². The number of hydrogen-bond donors (Lipinski definition) is 0. The lowest BCUT2D eigenvalue weighted by atomic mass is 9.63. The van der Waals surface area contributed by atoms with Gasteiger partial charge in [0.1, 0.15) is 0 Å². The summed E-state index contributed by atoms with van der Waals surface area (Å²) in [5, 5.41) is 0. The molecule has 0 saturated heterocycles. The fourth-order valence-electron chi connectivity index (χ4n) is 8.68. The molecule has 284 valence electrons. The highest BCUT2D eigenvalue weighted by Crippen LogP contribution is 2.48. The smallest absolute Gasteiger partial charge is 0.0467 e. The number of rotatable bonds is 9. The summed E-state index contributed by atoms with van der Waals surface area (Å²) in [4.78, 5) is 4.75. The Morgan fingerprint density at radius 3 is 1.10 bits per heavy atom. The minimum Gasteiger partial charge on any atom is -0.311 e. The van der Waals surface area contributed by atoms with E-state index in [2.05, 4.69) is 244 Å². The predicted molar refractivity (Wildman–Crippen MR) is 247 cm³/mol. The molecule has 0 heterocycles. The molecule has 0 aromatic heterocycles. The largest absolute Gasteiger partial charge is 0.311 e. The third kappa shape index (κ3) is 7.35. The first-order valence-electron chi connectivity index (χ1n) is 20.6. The zero-order valence-electron chi connectivity index (χ0n) is 33.9. The van der Waals surface area contributed by atoms with Gasteiger partial charge in [-0.2, -0.15) is 0 Å². The van der Waals surface area contributed by atoms with E-state index in [1.54, 1.807) is 0 Å². The molecule has 0 fully saturated rings. The van der Waals surface area contributed by atoms with E-state index in [4.69, 9.17) is 0 Å². The van der Waals surface area contributed by atoms with Gasteiger partial charge in [-0.15, -0.1) is 0 Å². The van der Waals surface area contributed by atoms with Gasteiger partial charge in [0, 0.05) is 34.1 Å². The van der Waals surface area contributed by atoms with Crippen LogP contribution in [-0.4, -0.2) is 0 Å². The second kappa shape index (κ2) is 15.4. The lowest BCUT2D eigenvalue weighted by Crippen LogP contribution is -2.34. The van der Waals surface area contributed by atoms with Gasteiger partial charge < -0.3 is 9.80 Å². The number of fused-ring (bicyclic) bond motifs is 1. The average molecular weight is 751 g/mol. The number of nitrogens with zero attached hydrogens (tertiary/aromatic N) is 2. The molecule has 1 aliphatic rings. The van der Waals surface area contributed by atoms with E-state index in [-0.39, 0.29) is 10.8 Å². The van der Waals surface area contributed by atoms with Crippen LogP contribution < -0.4 is 9.80 Å². The lowest BCUT2D eigenvalue weighted by Gasteiger charge is -2.42. The molecule has 8 aromatic rings. The van der Waals surface area contributed by atoms with E-state index in [1.807, 2.05) is 0 Å². The van der Waals surface area contributed by atoms with Gasteiger partial charge >= 0.3 is 0 Å². The lowest BCUT2D eigenvalue weighted by molar-refractivity contribution is 0.332. The highest BCUT2D eigenvalue weighted by molar-refractivity contribution is 5.83. The van der Waals surface area contributed by atoms with Gasteiger partial charge in [-0.1, -0.05) is 161 Å². The van der Waals surface area contributed by atoms with Gasteiger partial charge in [-0.3, -0.25) is 0 Å². The van der Waals surface area contributed by atoms with Crippen molar-refractivity contribution in [3.8, 4) is 33.4 Å². The minimum atomic E-state index is 0.107. The van der Waals surface area contributed by atoms with Crippen molar-refractivity contribution >= 4 is 34.1 Å². The maximum absolute atomic E-state index is 2.46. The quantitative estimate of drug-likeness (QED) is 0.145. The van der Waals surface area contributed by atoms with Gasteiger partial charge in [-0.25, -0.2) is 0 Å². The molecule has 0 N–H and O–H groups in total. The molecule has 9 rings (SSSR count). The summed E-state index contributed by atoms with van der Waals surface area (Å²) < 4.78 is 0. The highest BCUT2D eigenvalue weighted by atomic mass is 15.1. The molecule has 8 aromatic carbocycles. The predicted octanol–water partition coefficient (Wildman–Crippen LogP) is 16.0. The topological polar surface area (TPSA) is 6.48 Å². The SMILES string of the molecule is CC1(C)CCC(C)(C)c2cc(N(c3ccc(-c4ccc(N(c5ccccc5)c5ccc(-c6ccccc6)cc5)cc4)cc3)c3cccc(-c4ccccc4)c3)ccc21. The van der Waals surface area contributed by atoms with Crippen molar-refractivity contribution in [3.05, 3.63) is 217 Å². The Balaban J connectivity index is 1.06. The van der Waals surface area contributed by atoms with Crippen molar-refractivity contribution in [2.45, 2.75) is 51.4 Å². The maximum atomic E-state index is 2.46. The van der Waals surface area contributed by atoms with Crippen molar-refractivity contribution in [1.82, 2.24) is 0 Å². The number of anilines is 6. The van der Waals surface area contributed by atoms with Crippen molar-refractivity contribution < 1.29 is 0 Å². The third-order valence-electron chi connectivity index (χ3n) is 12.1. The molecule has 0 radical (unpaired) electrons. The Morgan fingerprint density at radius 2 is 0.603 bits per heavy atom. The molecule has 0 atom stereocenters. The number of hydrogen-bond acceptors (Lipinski definition) is 2. The van der Waals surface area contributed by atoms with Crippen LogP contribution in [-0.2, 0) is 10.8 Å². The van der Waals surface area contributed by atoms with Gasteiger partial charge in [0.25, 0.3) is 0 Å². The van der Waals surface area contributed by atoms with Crippen LogP contribution in [0.3, 0.4) is 0 Å². The van der Waals surface area contributed by atoms with E-state index in [0.29, 0.717) is 0 Å². The van der Waals surface area contributed by atoms with E-state index >= 15 is 0 Å². The Morgan fingerprint density at radius 1 is 0.276 bits per heavy atom. The summed E-state index contributed by atoms with van der Waals surface area (Å²) in [7, 11) is 0. The molecule has 2 heteroatoms. The standard InChI is InChI=1S/C56H50N2/c1-55(2)37-38-56(3,4)54-40-52(35-36-53(54)55)58(51-22-14-19-46(39-51)42-17-10-6-11-18-42)50-33-27-45(28-34-50)44-25-31-49(32-26-44)57(47-20-12-7-13-21-47)48-29-23-43(24-30-48)41-15-8-5-9-16-41/h5-36,39-40H,37-38H2,1-4H3. The number of benzene rings is 8. The molecule has 2 nitrogen and oxygen atoms in total. The first-order chi connectivity index (χ1) is 28.2. The molecular weight excluding hydrogens is 701 g/mol. The van der Waals surface area contributed by atoms with Crippen LogP contribution in [0.1, 0.15) is 51.7 Å². The zero-order valence-corrected chi connectivity index (χ0v) is 33.9. The van der Waals surface area contributed by atoms with Crippen LogP contribution >= 0.6 is 0 Å². The fraction of sp³-hybridized carbons (Fsp3) is 0.143. The summed E-state index contributed by atoms with van der Waals surface area (Å²) in [6.07, 6.45) is 2.38. The Bertz CT molecular complexity index is 2630. The molecule has 0 amide bonds. The van der Waals surface area contributed by atoms with Crippen molar-refractivity contribution in [3.63, 3.8) is 0 Å². The fourth-order valence-corrected chi connectivity index (χ4v) is 8.68. The van der Waals surface area contributed by atoms with E-state index in [0.717, 1.165) is 28.4 Å². The first-order valence-corrected chi connectivity index (χ1v) is 20.6. The molecule has 0 aliphatic heterocycles. The molecular formula is C56H50N2. The van der Waals surface area contributed by atoms with Crippen LogP contribution in [0.15, 0.2) is 206 Å². The highest BCUT2D eigenvalue weighted by Gasteiger charge is 2.37. The summed E-state index contributed by atoms with van der Waals surface area (Å²) in [5.41, 5.74) is 17.2. The molecule has 0 unspecified atom stereocenters. The van der Waals surface area contributed by atoms with E-state index < -0.39 is 0 Å². The van der Waals surface area contributed by atoms with E-state index in [1.165, 1.54) is 63.0 Å². The summed E-state index contributed by atoms with van der Waals surface area (Å²) in [6, 6.07) is 74.9. The molecule has 0 bridgehead atoms. The van der Waals surface area contributed by atoms with Crippen LogP contribution in [0.4, 0.5) is 34.1 Å². The normalized spacial score (nSPS) is 14.0. The Hall–Kier alpha value is -6.64. The average Bonchev–Trinajstić information content (AvgIpc) is 3.27. The minimum absolute atomic E-state index is 0.107. The summed E-state index contributed by atoms with van der Waals surface area (Å²) in [6.45, 7) is 9.61. The molecule has 58 heavy (non-hydrogen) atoms. The second-order valence-electron chi connectivity index (χ2n) is 16.9. The molecule has 0 saturated carbocycles. The zero-order chi connectivity index (χ0) is 39.7. The van der Waals surface area contributed by atoms with Crippen molar-refractivity contribution in [2.24, 2.45) is 0 Å². The number of para-hydroxylation sites is 1. The second-order valence-corrected chi connectivity index (χ2v) is 16.9. The van der Waals surface area contributed by atoms with E-state index in [9.17, 15) is 0 Å². The van der Waals surface area contributed by atoms with Crippen molar-refractivity contribution in [1.29, 1.82) is 0 Å². The molecule has 1 aliphatic carbocycles. The summed E-state index contributed by atoms with van der Waals surface area (Å²) in [5.74, 6) is 0. The van der Waals surface area contributed by atoms with Crippen LogP contribution in [0.2, 0.25) is 0 Å². The van der Waals surface area contributed by atoms with Crippen LogP contribution in [0, 0.1) is 0 Å². The van der Waals surface area contributed by atoms with Crippen molar-refractivity contribution in [2.75, 3.05) is 9.80 Å². The van der Waals surface area contributed by atoms with Gasteiger partial charge in [0.15, 0.2) is 0 Å².